The van der Waals surface area contributed by atoms with Gasteiger partial charge in [-0.1, -0.05) is 36.4 Å². The molecule has 0 nitrogen and oxygen atoms in total. The van der Waals surface area contributed by atoms with Gasteiger partial charge in [-0.15, -0.1) is 0 Å². The first-order valence-electron chi connectivity index (χ1n) is 8.81. The Kier molecular flexibility index (Phi) is 6.11. The number of halogens is 6. The molecule has 0 bridgehead atoms. The summed E-state index contributed by atoms with van der Waals surface area (Å²) in [6, 6.07) is 12.2. The molecule has 0 radical (unpaired) electrons. The summed E-state index contributed by atoms with van der Waals surface area (Å²) < 4.78 is 80.4. The Bertz CT molecular complexity index is 1040. The van der Waals surface area contributed by atoms with Gasteiger partial charge in [-0.2, -0.15) is 0 Å². The van der Waals surface area contributed by atoms with E-state index in [2.05, 4.69) is 0 Å². The Labute approximate surface area is 164 Å². The van der Waals surface area contributed by atoms with E-state index >= 15 is 0 Å². The molecule has 3 aromatic rings. The van der Waals surface area contributed by atoms with Crippen molar-refractivity contribution < 1.29 is 26.3 Å². The Balaban J connectivity index is 1.72. The third-order valence-corrected chi connectivity index (χ3v) is 4.56. The fourth-order valence-electron chi connectivity index (χ4n) is 2.95. The summed E-state index contributed by atoms with van der Waals surface area (Å²) in [6.07, 6.45) is 0.786. The zero-order valence-corrected chi connectivity index (χ0v) is 15.4. The van der Waals surface area contributed by atoms with Crippen molar-refractivity contribution in [3.63, 3.8) is 0 Å². The molecule has 0 spiro atoms. The number of hydrogen-bond acceptors (Lipinski definition) is 0. The van der Waals surface area contributed by atoms with Crippen molar-refractivity contribution in [2.45, 2.75) is 19.8 Å². The van der Waals surface area contributed by atoms with Gasteiger partial charge in [0.15, 0.2) is 23.3 Å². The largest absolute Gasteiger partial charge is 0.209 e. The van der Waals surface area contributed by atoms with Crippen molar-refractivity contribution in [3.8, 4) is 11.1 Å². The maximum Gasteiger partial charge on any atom is 0.194 e. The molecule has 0 aliphatic rings. The molecule has 0 heterocycles. The van der Waals surface area contributed by atoms with Crippen molar-refractivity contribution in [1.29, 1.82) is 0 Å². The third-order valence-electron chi connectivity index (χ3n) is 4.56. The molecule has 0 aliphatic heterocycles. The van der Waals surface area contributed by atoms with E-state index in [1.807, 2.05) is 0 Å². The van der Waals surface area contributed by atoms with Crippen molar-refractivity contribution in [1.82, 2.24) is 0 Å². The van der Waals surface area contributed by atoms with Crippen LogP contribution in [0.1, 0.15) is 23.6 Å². The molecule has 0 aliphatic carbocycles. The van der Waals surface area contributed by atoms with Gasteiger partial charge in [0.05, 0.1) is 0 Å². The third kappa shape index (κ3) is 4.70. The van der Waals surface area contributed by atoms with E-state index in [4.69, 9.17) is 0 Å². The van der Waals surface area contributed by atoms with Crippen molar-refractivity contribution in [3.05, 3.63) is 100 Å². The molecule has 0 fully saturated rings. The lowest BCUT2D eigenvalue weighted by atomic mass is 9.99. The Morgan fingerprint density at radius 3 is 1.86 bits per heavy atom. The van der Waals surface area contributed by atoms with Crippen LogP contribution in [-0.2, 0) is 12.8 Å². The zero-order chi connectivity index (χ0) is 21.1. The number of aryl methyl sites for hydroxylation is 2. The van der Waals surface area contributed by atoms with Crippen LogP contribution in [0.15, 0.2) is 60.4 Å². The van der Waals surface area contributed by atoms with Gasteiger partial charge < -0.3 is 0 Å². The maximum absolute atomic E-state index is 14.2. The van der Waals surface area contributed by atoms with Gasteiger partial charge in [0.1, 0.15) is 11.6 Å². The fourth-order valence-corrected chi connectivity index (χ4v) is 2.95. The summed E-state index contributed by atoms with van der Waals surface area (Å²) in [6.45, 7) is 0.958. The molecule has 150 valence electrons. The van der Waals surface area contributed by atoms with E-state index in [0.717, 1.165) is 30.7 Å². The molecule has 3 rings (SSSR count). The van der Waals surface area contributed by atoms with Gasteiger partial charge >= 0.3 is 0 Å². The van der Waals surface area contributed by atoms with Gasteiger partial charge in [-0.25, -0.2) is 26.3 Å². The van der Waals surface area contributed by atoms with Gasteiger partial charge in [0.25, 0.3) is 0 Å². The summed E-state index contributed by atoms with van der Waals surface area (Å²) in [7, 11) is 0. The van der Waals surface area contributed by atoms with Gasteiger partial charge in [0, 0.05) is 5.56 Å². The average molecular weight is 406 g/mol. The summed E-state index contributed by atoms with van der Waals surface area (Å²) >= 11 is 0. The van der Waals surface area contributed by atoms with Crippen LogP contribution in [0.5, 0.6) is 0 Å². The fraction of sp³-hybridized carbons (Fsp3) is 0.130. The minimum Gasteiger partial charge on any atom is -0.209 e. The van der Waals surface area contributed by atoms with Crippen LogP contribution >= 0.6 is 0 Å². The molecular weight excluding hydrogens is 390 g/mol. The van der Waals surface area contributed by atoms with E-state index in [1.165, 1.54) is 12.1 Å². The monoisotopic (exact) mass is 406 g/mol. The van der Waals surface area contributed by atoms with Crippen LogP contribution < -0.4 is 0 Å². The topological polar surface area (TPSA) is 0 Å². The summed E-state index contributed by atoms with van der Waals surface area (Å²) in [5.74, 6) is -6.80. The molecule has 0 aromatic heterocycles. The van der Waals surface area contributed by atoms with Crippen molar-refractivity contribution >= 4 is 5.83 Å². The standard InChI is InChI=1S/C23H16F6/c1-13(24)22(28)17-9-8-16(19(25)10-17)7-4-14-2-5-15(6-3-14)18-11-20(26)23(29)21(27)12-18/h2-3,5-6,8-12H,4,7H2,1H3/b22-13+. The van der Waals surface area contributed by atoms with Crippen LogP contribution in [0.2, 0.25) is 0 Å². The summed E-state index contributed by atoms with van der Waals surface area (Å²) in [4.78, 5) is 0. The van der Waals surface area contributed by atoms with Crippen molar-refractivity contribution in [2.24, 2.45) is 0 Å². The van der Waals surface area contributed by atoms with Gasteiger partial charge in [-0.3, -0.25) is 0 Å². The first-order chi connectivity index (χ1) is 13.8. The predicted molar refractivity (Wildman–Crippen MR) is 100 cm³/mol. The Hall–Kier alpha value is -3.02. The highest BCUT2D eigenvalue weighted by Gasteiger charge is 2.12. The second-order valence-electron chi connectivity index (χ2n) is 6.60. The SMILES string of the molecule is C/C(F)=C(\F)c1ccc(CCc2ccc(-c3cc(F)c(F)c(F)c3)cc2)c(F)c1. The molecule has 0 unspecified atom stereocenters. The molecular formula is C23H16F6. The second kappa shape index (κ2) is 8.55. The van der Waals surface area contributed by atoms with Crippen LogP contribution in [0.4, 0.5) is 26.3 Å². The summed E-state index contributed by atoms with van der Waals surface area (Å²) in [5.41, 5.74) is 1.74. The number of hydrogen-bond donors (Lipinski definition) is 0. The number of rotatable bonds is 5. The molecule has 0 atom stereocenters. The summed E-state index contributed by atoms with van der Waals surface area (Å²) in [5, 5.41) is 0. The first kappa shape index (κ1) is 20.7. The van der Waals surface area contributed by atoms with E-state index < -0.39 is 34.9 Å². The quantitative estimate of drug-likeness (QED) is 0.308. The Morgan fingerprint density at radius 2 is 1.31 bits per heavy atom. The molecule has 3 aromatic carbocycles. The minimum absolute atomic E-state index is 0.158. The molecule has 29 heavy (non-hydrogen) atoms. The highest BCUT2D eigenvalue weighted by atomic mass is 19.2. The highest BCUT2D eigenvalue weighted by molar-refractivity contribution is 5.64. The smallest absolute Gasteiger partial charge is 0.194 e. The lowest BCUT2D eigenvalue weighted by molar-refractivity contribution is 0.448. The van der Waals surface area contributed by atoms with Gasteiger partial charge in [0.2, 0.25) is 0 Å². The molecule has 0 N–H and O–H groups in total. The lowest BCUT2D eigenvalue weighted by Crippen LogP contribution is -1.96. The normalized spacial score (nSPS) is 12.1. The van der Waals surface area contributed by atoms with E-state index in [0.29, 0.717) is 24.0 Å². The lowest BCUT2D eigenvalue weighted by Gasteiger charge is -2.08. The number of benzene rings is 3. The zero-order valence-electron chi connectivity index (χ0n) is 15.4. The number of allylic oxidation sites excluding steroid dienone is 1. The molecule has 6 heteroatoms. The average Bonchev–Trinajstić information content (AvgIpc) is 2.70. The molecule has 0 amide bonds. The van der Waals surface area contributed by atoms with Crippen LogP contribution in [0.25, 0.3) is 17.0 Å². The van der Waals surface area contributed by atoms with E-state index in [9.17, 15) is 26.3 Å². The minimum atomic E-state index is -1.52. The second-order valence-corrected chi connectivity index (χ2v) is 6.60. The van der Waals surface area contributed by atoms with Crippen LogP contribution in [-0.4, -0.2) is 0 Å². The first-order valence-corrected chi connectivity index (χ1v) is 8.81. The van der Waals surface area contributed by atoms with Crippen molar-refractivity contribution in [2.75, 3.05) is 0 Å². The van der Waals surface area contributed by atoms with Crippen LogP contribution in [0.3, 0.4) is 0 Å². The van der Waals surface area contributed by atoms with Gasteiger partial charge in [-0.05, 0) is 60.2 Å². The van der Waals surface area contributed by atoms with E-state index in [-0.39, 0.29) is 11.1 Å². The maximum atomic E-state index is 14.2. The predicted octanol–water partition coefficient (Wildman–Crippen LogP) is 7.32. The van der Waals surface area contributed by atoms with Crippen LogP contribution in [0, 0.1) is 23.3 Å². The van der Waals surface area contributed by atoms with E-state index in [1.54, 1.807) is 24.3 Å². The highest BCUT2D eigenvalue weighted by Crippen LogP contribution is 2.26. The molecule has 0 saturated carbocycles. The Morgan fingerprint density at radius 1 is 0.690 bits per heavy atom. The molecule has 0 saturated heterocycles.